The van der Waals surface area contributed by atoms with Crippen molar-refractivity contribution in [3.8, 4) is 11.3 Å². The maximum absolute atomic E-state index is 12.2. The van der Waals surface area contributed by atoms with Crippen LogP contribution in [0.1, 0.15) is 32.0 Å². The normalized spacial score (nSPS) is 12.0. The molecular formula is C16H20N4O3S. The van der Waals surface area contributed by atoms with Gasteiger partial charge in [-0.25, -0.2) is 18.5 Å². The van der Waals surface area contributed by atoms with E-state index in [1.165, 1.54) is 6.07 Å². The highest BCUT2D eigenvalue weighted by molar-refractivity contribution is 7.89. The van der Waals surface area contributed by atoms with E-state index in [4.69, 9.17) is 15.8 Å². The molecule has 0 unspecified atom stereocenters. The Labute approximate surface area is 141 Å². The molecule has 0 saturated heterocycles. The first-order valence-corrected chi connectivity index (χ1v) is 8.73. The molecule has 0 amide bonds. The zero-order chi connectivity index (χ0) is 18.1. The number of sulfonamides is 1. The molecule has 128 valence electrons. The summed E-state index contributed by atoms with van der Waals surface area (Å²) in [7, 11) is -3.99. The van der Waals surface area contributed by atoms with Gasteiger partial charge in [0.2, 0.25) is 10.0 Å². The lowest BCUT2D eigenvalue weighted by Gasteiger charge is -2.23. The largest absolute Gasteiger partial charge is 0.290 e. The van der Waals surface area contributed by atoms with Gasteiger partial charge in [-0.2, -0.15) is 0 Å². The molecule has 0 atom stereocenters. The van der Waals surface area contributed by atoms with Crippen LogP contribution in [0.4, 0.5) is 0 Å². The van der Waals surface area contributed by atoms with Crippen LogP contribution < -0.4 is 10.6 Å². The van der Waals surface area contributed by atoms with E-state index in [0.717, 1.165) is 0 Å². The van der Waals surface area contributed by atoms with Crippen molar-refractivity contribution in [2.75, 3.05) is 0 Å². The molecule has 1 aromatic heterocycles. The van der Waals surface area contributed by atoms with Gasteiger partial charge in [-0.15, -0.1) is 0 Å². The second-order valence-electron chi connectivity index (χ2n) is 6.37. The van der Waals surface area contributed by atoms with E-state index in [2.05, 4.69) is 4.98 Å². The molecule has 5 N–H and O–H groups in total. The summed E-state index contributed by atoms with van der Waals surface area (Å²) in [6, 6.07) is 9.88. The van der Waals surface area contributed by atoms with Gasteiger partial charge in [-0.3, -0.25) is 16.1 Å². The van der Waals surface area contributed by atoms with Gasteiger partial charge in [-0.1, -0.05) is 45.0 Å². The molecule has 0 fully saturated rings. The van der Waals surface area contributed by atoms with E-state index in [1.807, 2.05) is 20.8 Å². The smallest absolute Gasteiger partial charge is 0.239 e. The number of hydroxylamine groups is 1. The van der Waals surface area contributed by atoms with Crippen LogP contribution in [0.15, 0.2) is 41.3 Å². The second kappa shape index (κ2) is 6.31. The van der Waals surface area contributed by atoms with Crippen LogP contribution in [0.3, 0.4) is 0 Å². The Morgan fingerprint density at radius 2 is 1.83 bits per heavy atom. The zero-order valence-electron chi connectivity index (χ0n) is 13.7. The van der Waals surface area contributed by atoms with Gasteiger partial charge in [0.15, 0.2) is 5.84 Å². The summed E-state index contributed by atoms with van der Waals surface area (Å²) >= 11 is 0. The Bertz CT molecular complexity index is 886. The van der Waals surface area contributed by atoms with Gasteiger partial charge in [0.05, 0.1) is 10.6 Å². The van der Waals surface area contributed by atoms with Crippen LogP contribution in [0, 0.1) is 5.41 Å². The molecule has 24 heavy (non-hydrogen) atoms. The van der Waals surface area contributed by atoms with Crippen LogP contribution in [-0.2, 0) is 15.4 Å². The van der Waals surface area contributed by atoms with E-state index in [1.54, 1.807) is 35.8 Å². The van der Waals surface area contributed by atoms with Crippen LogP contribution in [0.25, 0.3) is 11.3 Å². The number of rotatable bonds is 3. The van der Waals surface area contributed by atoms with Gasteiger partial charge < -0.3 is 0 Å². The highest BCUT2D eigenvalue weighted by atomic mass is 32.2. The van der Waals surface area contributed by atoms with Crippen LogP contribution >= 0.6 is 0 Å². The minimum Gasteiger partial charge on any atom is -0.290 e. The van der Waals surface area contributed by atoms with E-state index in [0.29, 0.717) is 16.8 Å². The molecule has 0 bridgehead atoms. The van der Waals surface area contributed by atoms with Gasteiger partial charge >= 0.3 is 0 Å². The number of hydrogen-bond donors (Lipinski definition) is 4. The quantitative estimate of drug-likeness (QED) is 0.383. The summed E-state index contributed by atoms with van der Waals surface area (Å²) in [5.74, 6) is -0.291. The maximum atomic E-state index is 12.2. The molecule has 2 rings (SSSR count). The number of primary sulfonamides is 1. The minimum absolute atomic E-state index is 0.0191. The fourth-order valence-electron chi connectivity index (χ4n) is 2.42. The molecule has 1 aromatic carbocycles. The Morgan fingerprint density at radius 3 is 2.38 bits per heavy atom. The van der Waals surface area contributed by atoms with Crippen molar-refractivity contribution < 1.29 is 13.6 Å². The molecule has 0 spiro atoms. The number of nitrogens with one attached hydrogen (secondary N) is 2. The topological polar surface area (TPSA) is 129 Å². The zero-order valence-corrected chi connectivity index (χ0v) is 14.5. The van der Waals surface area contributed by atoms with Gasteiger partial charge in [0.25, 0.3) is 0 Å². The maximum Gasteiger partial charge on any atom is 0.239 e. The fraction of sp³-hybridized carbons (Fsp3) is 0.250. The average molecular weight is 348 g/mol. The number of nitrogens with two attached hydrogens (primary N) is 1. The summed E-state index contributed by atoms with van der Waals surface area (Å²) in [4.78, 5) is 4.26. The molecule has 0 saturated carbocycles. The number of amidine groups is 1. The highest BCUT2D eigenvalue weighted by Crippen LogP contribution is 2.35. The minimum atomic E-state index is -3.99. The van der Waals surface area contributed by atoms with E-state index >= 15 is 0 Å². The summed E-state index contributed by atoms with van der Waals surface area (Å²) in [5, 5.41) is 21.9. The van der Waals surface area contributed by atoms with Crippen molar-refractivity contribution in [1.29, 1.82) is 5.41 Å². The number of benzene rings is 1. The SMILES string of the molecule is CC(C)(C)c1cccc(-c2cccc(C(=N)NO)n2)c1S(N)(=O)=O. The molecule has 2 aromatic rings. The summed E-state index contributed by atoms with van der Waals surface area (Å²) in [6.07, 6.45) is 0. The van der Waals surface area contributed by atoms with Crippen molar-refractivity contribution in [2.45, 2.75) is 31.1 Å². The third kappa shape index (κ3) is 3.61. The lowest BCUT2D eigenvalue weighted by atomic mass is 9.85. The van der Waals surface area contributed by atoms with E-state index in [-0.39, 0.29) is 16.4 Å². The molecular weight excluding hydrogens is 328 g/mol. The average Bonchev–Trinajstić information content (AvgIpc) is 2.52. The molecule has 7 nitrogen and oxygen atoms in total. The molecule has 8 heteroatoms. The van der Waals surface area contributed by atoms with Crippen molar-refractivity contribution in [2.24, 2.45) is 5.14 Å². The van der Waals surface area contributed by atoms with Gasteiger partial charge in [0.1, 0.15) is 5.69 Å². The van der Waals surface area contributed by atoms with Crippen LogP contribution in [-0.4, -0.2) is 24.4 Å². The second-order valence-corrected chi connectivity index (χ2v) is 7.87. The lowest BCUT2D eigenvalue weighted by molar-refractivity contribution is 0.234. The first-order valence-electron chi connectivity index (χ1n) is 7.18. The van der Waals surface area contributed by atoms with Crippen molar-refractivity contribution >= 4 is 15.9 Å². The predicted molar refractivity (Wildman–Crippen MR) is 91.5 cm³/mol. The first kappa shape index (κ1) is 18.1. The Morgan fingerprint density at radius 1 is 1.21 bits per heavy atom. The number of pyridine rings is 1. The van der Waals surface area contributed by atoms with Crippen molar-refractivity contribution in [3.05, 3.63) is 47.7 Å². The van der Waals surface area contributed by atoms with E-state index < -0.39 is 15.4 Å². The summed E-state index contributed by atoms with van der Waals surface area (Å²) in [5.41, 5.74) is 2.76. The number of aromatic nitrogens is 1. The van der Waals surface area contributed by atoms with E-state index in [9.17, 15) is 8.42 Å². The van der Waals surface area contributed by atoms with Crippen LogP contribution in [0.5, 0.6) is 0 Å². The standard InChI is InChI=1S/C16H20N4O3S/c1-16(2,3)11-7-4-6-10(14(11)24(18,22)23)12-8-5-9-13(19-12)15(17)20-21/h4-9,21H,1-3H3,(H2,17,20)(H2,18,22,23). The van der Waals surface area contributed by atoms with Crippen LogP contribution in [0.2, 0.25) is 0 Å². The molecule has 0 aliphatic carbocycles. The Balaban J connectivity index is 2.79. The predicted octanol–water partition coefficient (Wildman–Crippen LogP) is 2.00. The molecule has 1 heterocycles. The third-order valence-corrected chi connectivity index (χ3v) is 4.51. The van der Waals surface area contributed by atoms with Gasteiger partial charge in [0, 0.05) is 5.56 Å². The lowest BCUT2D eigenvalue weighted by Crippen LogP contribution is -2.23. The Hall–Kier alpha value is -2.29. The number of nitrogens with zero attached hydrogens (tertiary/aromatic N) is 1. The summed E-state index contributed by atoms with van der Waals surface area (Å²) in [6.45, 7) is 5.70. The third-order valence-electron chi connectivity index (χ3n) is 3.50. The van der Waals surface area contributed by atoms with Gasteiger partial charge in [-0.05, 0) is 23.1 Å². The van der Waals surface area contributed by atoms with Crippen molar-refractivity contribution in [1.82, 2.24) is 10.5 Å². The summed E-state index contributed by atoms with van der Waals surface area (Å²) < 4.78 is 24.4. The number of hydrogen-bond acceptors (Lipinski definition) is 5. The first-order chi connectivity index (χ1) is 11.1. The highest BCUT2D eigenvalue weighted by Gasteiger charge is 2.27. The Kier molecular flexibility index (Phi) is 4.75. The fourth-order valence-corrected chi connectivity index (χ4v) is 3.58. The monoisotopic (exact) mass is 348 g/mol. The van der Waals surface area contributed by atoms with Crippen molar-refractivity contribution in [3.63, 3.8) is 0 Å². The molecule has 0 radical (unpaired) electrons. The molecule has 0 aliphatic heterocycles. The molecule has 0 aliphatic rings.